The van der Waals surface area contributed by atoms with Crippen LogP contribution in [0.1, 0.15) is 30.5 Å². The number of hydrogen-bond acceptors (Lipinski definition) is 4. The van der Waals surface area contributed by atoms with Gasteiger partial charge in [-0.3, -0.25) is 4.98 Å². The van der Waals surface area contributed by atoms with Gasteiger partial charge in [-0.25, -0.2) is 4.98 Å². The molecule has 0 spiro atoms. The van der Waals surface area contributed by atoms with Gasteiger partial charge in [-0.05, 0) is 69.6 Å². The Morgan fingerprint density at radius 3 is 2.37 bits per heavy atom. The summed E-state index contributed by atoms with van der Waals surface area (Å²) in [5, 5.41) is 1.03. The molecule has 1 aliphatic rings. The summed E-state index contributed by atoms with van der Waals surface area (Å²) in [6.07, 6.45) is 1.87. The van der Waals surface area contributed by atoms with E-state index in [1.807, 2.05) is 30.5 Å². The molecule has 4 aromatic carbocycles. The average Bonchev–Trinajstić information content (AvgIpc) is 2.98. The van der Waals surface area contributed by atoms with E-state index in [9.17, 15) is 0 Å². The van der Waals surface area contributed by atoms with Crippen molar-refractivity contribution in [3.8, 4) is 22.4 Å². The second-order valence-electron chi connectivity index (χ2n) is 10.9. The third kappa shape index (κ3) is 4.56. The summed E-state index contributed by atoms with van der Waals surface area (Å²) in [5.74, 6) is 0.879. The summed E-state index contributed by atoms with van der Waals surface area (Å²) in [4.78, 5) is 12.9. The standard InChI is InChI=1S/C36H28N3S.Pt/c1-23-19-20-37-33(21-23)39-31-12-8-7-11-28(31)36(2,3)29-17-14-26(22-32(29)39)30-18-15-25-13-16-27(35(40)34(25)38-30)24-9-5-4-6-10-24;/h4-21,40H,1-3H3;/q-1;+2/p-1. The summed E-state index contributed by atoms with van der Waals surface area (Å²) in [6, 6.07) is 39.5. The van der Waals surface area contributed by atoms with E-state index < -0.39 is 0 Å². The Balaban J connectivity index is 0.00000302. The normalized spacial score (nSPS) is 13.3. The number of aryl methyl sites for hydroxylation is 1. The molecule has 0 fully saturated rings. The van der Waals surface area contributed by atoms with Crippen LogP contribution in [0, 0.1) is 13.0 Å². The van der Waals surface area contributed by atoms with Crippen LogP contribution in [0.5, 0.6) is 0 Å². The minimum Gasteiger partial charge on any atom is -0.777 e. The average molecular weight is 729 g/mol. The molecule has 0 saturated heterocycles. The zero-order valence-electron chi connectivity index (χ0n) is 23.0. The van der Waals surface area contributed by atoms with E-state index in [4.69, 9.17) is 22.6 Å². The molecule has 0 N–H and O–H groups in total. The van der Waals surface area contributed by atoms with Crippen molar-refractivity contribution < 1.29 is 21.1 Å². The predicted octanol–water partition coefficient (Wildman–Crippen LogP) is 9.08. The molecule has 0 saturated carbocycles. The largest absolute Gasteiger partial charge is 2.00 e. The van der Waals surface area contributed by atoms with Crippen molar-refractivity contribution >= 4 is 40.7 Å². The Labute approximate surface area is 261 Å². The fourth-order valence-electron chi connectivity index (χ4n) is 5.81. The van der Waals surface area contributed by atoms with Gasteiger partial charge in [0, 0.05) is 17.4 Å². The second-order valence-corrected chi connectivity index (χ2v) is 11.3. The number of hydrogen-bond donors (Lipinski definition) is 0. The molecule has 0 aliphatic carbocycles. The van der Waals surface area contributed by atoms with E-state index in [0.717, 1.165) is 60.9 Å². The van der Waals surface area contributed by atoms with E-state index in [1.54, 1.807) is 0 Å². The topological polar surface area (TPSA) is 29.0 Å². The van der Waals surface area contributed by atoms with Crippen molar-refractivity contribution in [1.82, 2.24) is 9.97 Å². The van der Waals surface area contributed by atoms with Gasteiger partial charge in [0.05, 0.1) is 0 Å². The molecule has 1 aliphatic heterocycles. The molecular formula is C36H27N3PtS. The van der Waals surface area contributed by atoms with Gasteiger partial charge in [-0.15, -0.1) is 28.7 Å². The van der Waals surface area contributed by atoms with E-state index in [0.29, 0.717) is 0 Å². The Morgan fingerprint density at radius 1 is 0.805 bits per heavy atom. The van der Waals surface area contributed by atoms with Gasteiger partial charge >= 0.3 is 21.1 Å². The smallest absolute Gasteiger partial charge is 0.777 e. The molecule has 0 radical (unpaired) electrons. The number of fused-ring (bicyclic) bond motifs is 3. The molecule has 7 rings (SSSR count). The number of rotatable bonds is 3. The van der Waals surface area contributed by atoms with Crippen LogP contribution < -0.4 is 4.90 Å². The summed E-state index contributed by atoms with van der Waals surface area (Å²) < 4.78 is 0. The Hall–Kier alpha value is -3.85. The van der Waals surface area contributed by atoms with Gasteiger partial charge in [-0.2, -0.15) is 0 Å². The van der Waals surface area contributed by atoms with Gasteiger partial charge in [0.2, 0.25) is 0 Å². The Kier molecular flexibility index (Phi) is 7.01. The maximum Gasteiger partial charge on any atom is 2.00 e. The van der Waals surface area contributed by atoms with E-state index in [1.165, 1.54) is 11.1 Å². The van der Waals surface area contributed by atoms with Crippen LogP contribution in [0.4, 0.5) is 17.2 Å². The first kappa shape index (κ1) is 27.3. The minimum atomic E-state index is -0.198. The van der Waals surface area contributed by atoms with Crippen molar-refractivity contribution in [2.75, 3.05) is 4.90 Å². The molecule has 6 aromatic rings. The zero-order valence-corrected chi connectivity index (χ0v) is 26.0. The number of benzene rings is 4. The minimum absolute atomic E-state index is 0. The molecule has 0 unspecified atom stereocenters. The molecule has 202 valence electrons. The quantitative estimate of drug-likeness (QED) is 0.134. The maximum atomic E-state index is 5.96. The predicted molar refractivity (Wildman–Crippen MR) is 166 cm³/mol. The fourth-order valence-corrected chi connectivity index (χ4v) is 6.16. The first-order valence-corrected chi connectivity index (χ1v) is 13.9. The van der Waals surface area contributed by atoms with Gasteiger partial charge in [0.1, 0.15) is 5.82 Å². The van der Waals surface area contributed by atoms with Crippen LogP contribution in [-0.2, 0) is 39.1 Å². The summed E-state index contributed by atoms with van der Waals surface area (Å²) in [7, 11) is 0. The van der Waals surface area contributed by atoms with Crippen LogP contribution in [-0.4, -0.2) is 9.97 Å². The number of nitrogens with zero attached hydrogens (tertiary/aromatic N) is 3. The first-order valence-electron chi connectivity index (χ1n) is 13.5. The molecule has 2 aromatic heterocycles. The molecular weight excluding hydrogens is 702 g/mol. The third-order valence-electron chi connectivity index (χ3n) is 7.95. The van der Waals surface area contributed by atoms with E-state index in [-0.39, 0.29) is 26.5 Å². The zero-order chi connectivity index (χ0) is 27.4. The third-order valence-corrected chi connectivity index (χ3v) is 8.36. The van der Waals surface area contributed by atoms with Gasteiger partial charge in [0.25, 0.3) is 0 Å². The fraction of sp³-hybridized carbons (Fsp3) is 0.111. The Morgan fingerprint density at radius 2 is 1.56 bits per heavy atom. The number of para-hydroxylation sites is 1. The SMILES string of the molecule is Cc1ccnc(N2c3[c-]c(-c4ccc5ccc(-c6ccccc6)c([S-])c5n4)ccc3C(C)(C)c3ccccc32)c1.[Pt+2]. The van der Waals surface area contributed by atoms with Crippen molar-refractivity contribution in [2.24, 2.45) is 0 Å². The van der Waals surface area contributed by atoms with Gasteiger partial charge in [-0.1, -0.05) is 92.2 Å². The second kappa shape index (κ2) is 10.5. The molecule has 0 amide bonds. The van der Waals surface area contributed by atoms with E-state index >= 15 is 0 Å². The first-order chi connectivity index (χ1) is 19.4. The van der Waals surface area contributed by atoms with Crippen LogP contribution in [0.25, 0.3) is 33.3 Å². The number of aromatic nitrogens is 2. The van der Waals surface area contributed by atoms with Gasteiger partial charge < -0.3 is 17.5 Å². The number of pyridine rings is 2. The summed E-state index contributed by atoms with van der Waals surface area (Å²) in [5.41, 5.74) is 10.3. The molecule has 5 heteroatoms. The summed E-state index contributed by atoms with van der Waals surface area (Å²) in [6.45, 7) is 6.66. The Bertz CT molecular complexity index is 1920. The van der Waals surface area contributed by atoms with Crippen LogP contribution in [0.3, 0.4) is 0 Å². The van der Waals surface area contributed by atoms with Crippen LogP contribution in [0.2, 0.25) is 0 Å². The molecule has 0 bridgehead atoms. The van der Waals surface area contributed by atoms with Crippen LogP contribution >= 0.6 is 0 Å². The number of anilines is 3. The summed E-state index contributed by atoms with van der Waals surface area (Å²) >= 11 is 5.96. The van der Waals surface area contributed by atoms with Crippen molar-refractivity contribution in [2.45, 2.75) is 31.1 Å². The van der Waals surface area contributed by atoms with Gasteiger partial charge in [0.15, 0.2) is 0 Å². The maximum absolute atomic E-state index is 5.96. The van der Waals surface area contributed by atoms with E-state index in [2.05, 4.69) is 111 Å². The van der Waals surface area contributed by atoms with Crippen molar-refractivity contribution in [1.29, 1.82) is 0 Å². The van der Waals surface area contributed by atoms with Crippen LogP contribution in [0.15, 0.2) is 114 Å². The monoisotopic (exact) mass is 728 g/mol. The van der Waals surface area contributed by atoms with Crippen molar-refractivity contribution in [3.63, 3.8) is 0 Å². The molecule has 3 nitrogen and oxygen atoms in total. The molecule has 3 heterocycles. The van der Waals surface area contributed by atoms with Crippen molar-refractivity contribution in [3.05, 3.63) is 132 Å². The molecule has 0 atom stereocenters. The molecule has 41 heavy (non-hydrogen) atoms.